The predicted molar refractivity (Wildman–Crippen MR) is 54.6 cm³/mol. The van der Waals surface area contributed by atoms with Crippen LogP contribution in [0.5, 0.6) is 11.8 Å². The molecule has 0 bridgehead atoms. The summed E-state index contributed by atoms with van der Waals surface area (Å²) in [5, 5.41) is 0. The van der Waals surface area contributed by atoms with Gasteiger partial charge in [-0.1, -0.05) is 12.1 Å². The first-order valence-corrected chi connectivity index (χ1v) is 4.50. The van der Waals surface area contributed by atoms with Gasteiger partial charge in [-0.2, -0.15) is 0 Å². The van der Waals surface area contributed by atoms with Gasteiger partial charge in [-0.25, -0.2) is 4.98 Å². The van der Waals surface area contributed by atoms with Gasteiger partial charge in [0.25, 0.3) is 6.01 Å². The van der Waals surface area contributed by atoms with E-state index in [9.17, 15) is 0 Å². The zero-order valence-corrected chi connectivity index (χ0v) is 8.24. The van der Waals surface area contributed by atoms with Gasteiger partial charge in [0, 0.05) is 5.69 Å². The van der Waals surface area contributed by atoms with Crippen LogP contribution < -0.4 is 4.74 Å². The summed E-state index contributed by atoms with van der Waals surface area (Å²) < 4.78 is 5.51. The van der Waals surface area contributed by atoms with Crippen LogP contribution in [0.25, 0.3) is 0 Å². The molecule has 0 spiro atoms. The zero-order chi connectivity index (χ0) is 9.97. The lowest BCUT2D eigenvalue weighted by atomic mass is 10.2. The highest BCUT2D eigenvalue weighted by Crippen LogP contribution is 2.18. The third-order valence-electron chi connectivity index (χ3n) is 1.88. The van der Waals surface area contributed by atoms with E-state index in [0.717, 1.165) is 11.4 Å². The summed E-state index contributed by atoms with van der Waals surface area (Å²) in [4.78, 5) is 7.07. The van der Waals surface area contributed by atoms with Crippen LogP contribution in [0, 0.1) is 13.8 Å². The summed E-state index contributed by atoms with van der Waals surface area (Å²) in [6.45, 7) is 3.97. The topological polar surface area (TPSA) is 37.9 Å². The predicted octanol–water partition coefficient (Wildman–Crippen LogP) is 2.82. The van der Waals surface area contributed by atoms with Crippen molar-refractivity contribution in [3.05, 3.63) is 41.7 Å². The monoisotopic (exact) mass is 188 g/mol. The zero-order valence-electron chi connectivity index (χ0n) is 8.24. The number of aromatic nitrogens is 2. The second-order valence-electron chi connectivity index (χ2n) is 3.29. The summed E-state index contributed by atoms with van der Waals surface area (Å²) in [6, 6.07) is 8.40. The van der Waals surface area contributed by atoms with Crippen LogP contribution in [-0.2, 0) is 0 Å². The van der Waals surface area contributed by atoms with Crippen LogP contribution in [0.4, 0.5) is 0 Å². The van der Waals surface area contributed by atoms with E-state index in [1.165, 1.54) is 5.56 Å². The molecule has 3 nitrogen and oxygen atoms in total. The summed E-state index contributed by atoms with van der Waals surface area (Å²) >= 11 is 0. The van der Waals surface area contributed by atoms with E-state index in [0.29, 0.717) is 6.01 Å². The minimum Gasteiger partial charge on any atom is -0.426 e. The summed E-state index contributed by atoms with van der Waals surface area (Å²) in [5.74, 6) is 0.805. The summed E-state index contributed by atoms with van der Waals surface area (Å²) in [6.07, 6.45) is 1.74. The number of aromatic amines is 1. The van der Waals surface area contributed by atoms with Crippen molar-refractivity contribution in [2.45, 2.75) is 13.8 Å². The van der Waals surface area contributed by atoms with Gasteiger partial charge >= 0.3 is 0 Å². The molecule has 0 aliphatic carbocycles. The van der Waals surface area contributed by atoms with E-state index in [2.05, 4.69) is 9.97 Å². The third-order valence-corrected chi connectivity index (χ3v) is 1.88. The molecular formula is C11H12N2O. The Hall–Kier alpha value is -1.77. The fraction of sp³-hybridized carbons (Fsp3) is 0.182. The lowest BCUT2D eigenvalue weighted by molar-refractivity contribution is 0.447. The fourth-order valence-electron chi connectivity index (χ4n) is 1.23. The molecule has 1 aromatic heterocycles. The molecule has 0 atom stereocenters. The average molecular weight is 188 g/mol. The Kier molecular flexibility index (Phi) is 2.23. The molecule has 2 aromatic rings. The van der Waals surface area contributed by atoms with Gasteiger partial charge in [-0.3, -0.25) is 0 Å². The normalized spacial score (nSPS) is 10.1. The van der Waals surface area contributed by atoms with Crippen molar-refractivity contribution in [3.8, 4) is 11.8 Å². The van der Waals surface area contributed by atoms with E-state index in [-0.39, 0.29) is 0 Å². The molecular weight excluding hydrogens is 176 g/mol. The Balaban J connectivity index is 2.18. The standard InChI is InChI=1S/C11H12N2O/c1-8-4-3-5-10(6-8)14-11-12-7-9(2)13-11/h3-7H,1-2H3,(H,12,13). The first-order valence-electron chi connectivity index (χ1n) is 4.50. The number of imidazole rings is 1. The highest BCUT2D eigenvalue weighted by Gasteiger charge is 1.99. The Morgan fingerprint density at radius 2 is 2.14 bits per heavy atom. The molecule has 1 heterocycles. The van der Waals surface area contributed by atoms with Gasteiger partial charge in [0.15, 0.2) is 0 Å². The number of benzene rings is 1. The molecule has 1 N–H and O–H groups in total. The minimum atomic E-state index is 0.535. The van der Waals surface area contributed by atoms with E-state index >= 15 is 0 Å². The van der Waals surface area contributed by atoms with Crippen LogP contribution in [-0.4, -0.2) is 9.97 Å². The lowest BCUT2D eigenvalue weighted by Crippen LogP contribution is -1.86. The number of rotatable bonds is 2. The number of nitrogens with zero attached hydrogens (tertiary/aromatic N) is 1. The molecule has 2 rings (SSSR count). The van der Waals surface area contributed by atoms with Gasteiger partial charge in [-0.15, -0.1) is 0 Å². The summed E-state index contributed by atoms with van der Waals surface area (Å²) in [7, 11) is 0. The van der Waals surface area contributed by atoms with E-state index in [4.69, 9.17) is 4.74 Å². The molecule has 3 heteroatoms. The fourth-order valence-corrected chi connectivity index (χ4v) is 1.23. The number of ether oxygens (including phenoxy) is 1. The van der Waals surface area contributed by atoms with Crippen LogP contribution in [0.2, 0.25) is 0 Å². The molecule has 0 fully saturated rings. The maximum Gasteiger partial charge on any atom is 0.299 e. The molecule has 72 valence electrons. The molecule has 1 aromatic carbocycles. The Morgan fingerprint density at radius 1 is 1.29 bits per heavy atom. The van der Waals surface area contributed by atoms with Crippen molar-refractivity contribution in [1.82, 2.24) is 9.97 Å². The smallest absolute Gasteiger partial charge is 0.299 e. The van der Waals surface area contributed by atoms with Crippen molar-refractivity contribution >= 4 is 0 Å². The first kappa shape index (κ1) is 8.81. The van der Waals surface area contributed by atoms with Gasteiger partial charge in [0.2, 0.25) is 0 Å². The van der Waals surface area contributed by atoms with E-state index in [1.807, 2.05) is 38.1 Å². The molecule has 0 radical (unpaired) electrons. The summed E-state index contributed by atoms with van der Waals surface area (Å²) in [5.41, 5.74) is 2.17. The number of hydrogen-bond acceptors (Lipinski definition) is 2. The number of aryl methyl sites for hydroxylation is 2. The van der Waals surface area contributed by atoms with Crippen LogP contribution in [0.3, 0.4) is 0 Å². The average Bonchev–Trinajstić information content (AvgIpc) is 2.51. The largest absolute Gasteiger partial charge is 0.426 e. The van der Waals surface area contributed by atoms with Crippen molar-refractivity contribution in [1.29, 1.82) is 0 Å². The number of H-pyrrole nitrogens is 1. The third kappa shape index (κ3) is 1.93. The molecule has 0 saturated heterocycles. The molecule has 14 heavy (non-hydrogen) atoms. The molecule has 0 unspecified atom stereocenters. The SMILES string of the molecule is Cc1cccc(Oc2ncc(C)[nH]2)c1. The van der Waals surface area contributed by atoms with Crippen molar-refractivity contribution in [3.63, 3.8) is 0 Å². The number of hydrogen-bond donors (Lipinski definition) is 1. The Morgan fingerprint density at radius 3 is 2.79 bits per heavy atom. The highest BCUT2D eigenvalue weighted by atomic mass is 16.5. The van der Waals surface area contributed by atoms with Crippen LogP contribution in [0.1, 0.15) is 11.3 Å². The van der Waals surface area contributed by atoms with Crippen molar-refractivity contribution in [2.75, 3.05) is 0 Å². The van der Waals surface area contributed by atoms with E-state index < -0.39 is 0 Å². The maximum absolute atomic E-state index is 5.51. The second-order valence-corrected chi connectivity index (χ2v) is 3.29. The minimum absolute atomic E-state index is 0.535. The molecule has 0 aliphatic heterocycles. The van der Waals surface area contributed by atoms with Crippen molar-refractivity contribution < 1.29 is 4.74 Å². The highest BCUT2D eigenvalue weighted by molar-refractivity contribution is 5.29. The van der Waals surface area contributed by atoms with Crippen LogP contribution in [0.15, 0.2) is 30.5 Å². The van der Waals surface area contributed by atoms with Gasteiger partial charge in [0.05, 0.1) is 6.20 Å². The quantitative estimate of drug-likeness (QED) is 0.786. The maximum atomic E-state index is 5.51. The van der Waals surface area contributed by atoms with Gasteiger partial charge in [-0.05, 0) is 31.5 Å². The molecule has 0 amide bonds. The van der Waals surface area contributed by atoms with Crippen LogP contribution >= 0.6 is 0 Å². The Bertz CT molecular complexity index is 434. The number of nitrogens with one attached hydrogen (secondary N) is 1. The lowest BCUT2D eigenvalue weighted by Gasteiger charge is -2.01. The molecule has 0 saturated carbocycles. The van der Waals surface area contributed by atoms with Gasteiger partial charge in [0.1, 0.15) is 5.75 Å². The molecule has 0 aliphatic rings. The second kappa shape index (κ2) is 3.54. The van der Waals surface area contributed by atoms with Gasteiger partial charge < -0.3 is 9.72 Å². The first-order chi connectivity index (χ1) is 6.74. The Labute approximate surface area is 82.8 Å². The van der Waals surface area contributed by atoms with Crippen molar-refractivity contribution in [2.24, 2.45) is 0 Å². The van der Waals surface area contributed by atoms with E-state index in [1.54, 1.807) is 6.20 Å².